The fraction of sp³-hybridized carbons (Fsp3) is 0.667. The first-order valence-corrected chi connectivity index (χ1v) is 4.35. The van der Waals surface area contributed by atoms with Crippen LogP contribution in [0.1, 0.15) is 37.3 Å². The molecule has 1 heterocycles. The number of nitrogens with zero attached hydrogens (tertiary/aromatic N) is 1. The summed E-state index contributed by atoms with van der Waals surface area (Å²) in [6.07, 6.45) is 3.95. The minimum absolute atomic E-state index is 0.0464. The van der Waals surface area contributed by atoms with Crippen LogP contribution in [0.25, 0.3) is 0 Å². The average molecular weight is 167 g/mol. The Hall–Kier alpha value is -0.830. The van der Waals surface area contributed by atoms with Crippen LogP contribution in [0.15, 0.2) is 10.6 Å². The topological polar surface area (TPSA) is 46.3 Å². The zero-order valence-corrected chi connectivity index (χ0v) is 7.16. The fourth-order valence-electron chi connectivity index (χ4n) is 1.69. The highest BCUT2D eigenvalue weighted by Crippen LogP contribution is 2.40. The van der Waals surface area contributed by atoms with E-state index < -0.39 is 0 Å². The lowest BCUT2D eigenvalue weighted by Gasteiger charge is -2.29. The molecule has 0 bridgehead atoms. The fourth-order valence-corrected chi connectivity index (χ4v) is 1.69. The van der Waals surface area contributed by atoms with Gasteiger partial charge in [0.25, 0.3) is 0 Å². The molecule has 3 heteroatoms. The van der Waals surface area contributed by atoms with Crippen molar-refractivity contribution in [2.75, 3.05) is 0 Å². The summed E-state index contributed by atoms with van der Waals surface area (Å²) in [5, 5.41) is 8.74. The van der Waals surface area contributed by atoms with Crippen molar-refractivity contribution in [1.29, 1.82) is 0 Å². The van der Waals surface area contributed by atoms with E-state index in [2.05, 4.69) is 11.9 Å². The van der Waals surface area contributed by atoms with E-state index in [-0.39, 0.29) is 6.61 Å². The van der Waals surface area contributed by atoms with Crippen molar-refractivity contribution in [1.82, 2.24) is 4.98 Å². The lowest BCUT2D eigenvalue weighted by molar-refractivity contribution is 0.214. The highest BCUT2D eigenvalue weighted by atomic mass is 16.4. The largest absolute Gasteiger partial charge is 0.443 e. The molecule has 66 valence electrons. The summed E-state index contributed by atoms with van der Waals surface area (Å²) in [5.74, 6) is 2.68. The number of hydrogen-bond acceptors (Lipinski definition) is 3. The van der Waals surface area contributed by atoms with Crippen molar-refractivity contribution in [3.63, 3.8) is 0 Å². The van der Waals surface area contributed by atoms with Gasteiger partial charge in [-0.25, -0.2) is 4.98 Å². The molecule has 1 aliphatic rings. The maximum atomic E-state index is 8.74. The summed E-state index contributed by atoms with van der Waals surface area (Å²) in [5.41, 5.74) is 0. The zero-order chi connectivity index (χ0) is 8.55. The molecule has 1 fully saturated rings. The van der Waals surface area contributed by atoms with Gasteiger partial charge >= 0.3 is 0 Å². The normalized spacial score (nSPS) is 28.5. The second-order valence-corrected chi connectivity index (χ2v) is 3.60. The van der Waals surface area contributed by atoms with E-state index in [1.165, 1.54) is 12.8 Å². The molecule has 0 aliphatic heterocycles. The molecular weight excluding hydrogens is 154 g/mol. The monoisotopic (exact) mass is 167 g/mol. The Balaban J connectivity index is 2.04. The van der Waals surface area contributed by atoms with E-state index in [0.717, 1.165) is 11.8 Å². The predicted octanol–water partition coefficient (Wildman–Crippen LogP) is 1.68. The lowest BCUT2D eigenvalue weighted by atomic mass is 9.76. The number of hydrogen-bond donors (Lipinski definition) is 1. The summed E-state index contributed by atoms with van der Waals surface area (Å²) >= 11 is 0. The molecule has 0 amide bonds. The third-order valence-corrected chi connectivity index (χ3v) is 2.45. The number of aliphatic hydroxyl groups excluding tert-OH is 1. The number of aliphatic hydroxyl groups is 1. The molecule has 3 nitrogen and oxygen atoms in total. The second-order valence-electron chi connectivity index (χ2n) is 3.60. The first-order chi connectivity index (χ1) is 5.79. The third-order valence-electron chi connectivity index (χ3n) is 2.45. The van der Waals surface area contributed by atoms with Crippen LogP contribution in [0.3, 0.4) is 0 Å². The Kier molecular flexibility index (Phi) is 1.89. The average Bonchev–Trinajstić information content (AvgIpc) is 2.46. The van der Waals surface area contributed by atoms with E-state index in [0.29, 0.717) is 11.7 Å². The van der Waals surface area contributed by atoms with Gasteiger partial charge in [0.2, 0.25) is 0 Å². The molecular formula is C9H13NO2. The van der Waals surface area contributed by atoms with Crippen LogP contribution in [0.5, 0.6) is 0 Å². The summed E-state index contributed by atoms with van der Waals surface area (Å²) < 4.78 is 5.32. The van der Waals surface area contributed by atoms with Gasteiger partial charge in [0.1, 0.15) is 12.4 Å². The Morgan fingerprint density at radius 1 is 1.67 bits per heavy atom. The molecule has 1 aromatic rings. The van der Waals surface area contributed by atoms with Crippen molar-refractivity contribution in [3.05, 3.63) is 17.8 Å². The van der Waals surface area contributed by atoms with Gasteiger partial charge in [-0.3, -0.25) is 0 Å². The van der Waals surface area contributed by atoms with Crippen molar-refractivity contribution >= 4 is 0 Å². The number of rotatable bonds is 2. The van der Waals surface area contributed by atoms with Crippen molar-refractivity contribution in [2.45, 2.75) is 32.3 Å². The number of oxazole rings is 1. The van der Waals surface area contributed by atoms with Crippen LogP contribution in [0.2, 0.25) is 0 Å². The molecule has 0 spiro atoms. The maximum absolute atomic E-state index is 8.74. The van der Waals surface area contributed by atoms with Gasteiger partial charge in [-0.1, -0.05) is 6.92 Å². The lowest BCUT2D eigenvalue weighted by Crippen LogP contribution is -2.18. The molecule has 0 aromatic carbocycles. The van der Waals surface area contributed by atoms with Gasteiger partial charge in [-0.15, -0.1) is 0 Å². The van der Waals surface area contributed by atoms with E-state index in [1.807, 2.05) is 0 Å². The predicted molar refractivity (Wildman–Crippen MR) is 43.6 cm³/mol. The van der Waals surface area contributed by atoms with Crippen LogP contribution >= 0.6 is 0 Å². The molecule has 1 aliphatic carbocycles. The molecule has 1 N–H and O–H groups in total. The number of aromatic nitrogens is 1. The van der Waals surface area contributed by atoms with Gasteiger partial charge < -0.3 is 9.52 Å². The molecule has 2 rings (SSSR count). The highest BCUT2D eigenvalue weighted by molar-refractivity contribution is 5.02. The van der Waals surface area contributed by atoms with E-state index in [1.54, 1.807) is 6.20 Å². The molecule has 0 radical (unpaired) electrons. The summed E-state index contributed by atoms with van der Waals surface area (Å²) in [6.45, 7) is 2.18. The van der Waals surface area contributed by atoms with E-state index in [4.69, 9.17) is 9.52 Å². The Morgan fingerprint density at radius 2 is 2.42 bits per heavy atom. The minimum Gasteiger partial charge on any atom is -0.443 e. The second kappa shape index (κ2) is 2.90. The van der Waals surface area contributed by atoms with Crippen LogP contribution in [-0.4, -0.2) is 10.1 Å². The summed E-state index contributed by atoms with van der Waals surface area (Å²) in [7, 11) is 0. The van der Waals surface area contributed by atoms with Gasteiger partial charge in [0.15, 0.2) is 5.89 Å². The first-order valence-electron chi connectivity index (χ1n) is 4.35. The van der Waals surface area contributed by atoms with Gasteiger partial charge in [0, 0.05) is 5.92 Å². The van der Waals surface area contributed by atoms with Gasteiger partial charge in [-0.05, 0) is 18.8 Å². The van der Waals surface area contributed by atoms with Crippen LogP contribution in [0, 0.1) is 5.92 Å². The standard InChI is InChI=1S/C9H13NO2/c1-6-2-7(3-6)9-10-4-8(5-11)12-9/h4,6-7,11H,2-3,5H2,1H3. The third kappa shape index (κ3) is 1.25. The quantitative estimate of drug-likeness (QED) is 0.728. The summed E-state index contributed by atoms with van der Waals surface area (Å²) in [4.78, 5) is 4.12. The zero-order valence-electron chi connectivity index (χ0n) is 7.16. The summed E-state index contributed by atoms with van der Waals surface area (Å²) in [6, 6.07) is 0. The maximum Gasteiger partial charge on any atom is 0.197 e. The molecule has 0 unspecified atom stereocenters. The van der Waals surface area contributed by atoms with Gasteiger partial charge in [-0.2, -0.15) is 0 Å². The van der Waals surface area contributed by atoms with Crippen molar-refractivity contribution in [3.8, 4) is 0 Å². The Bertz CT molecular complexity index is 263. The highest BCUT2D eigenvalue weighted by Gasteiger charge is 2.30. The van der Waals surface area contributed by atoms with Crippen LogP contribution < -0.4 is 0 Å². The molecule has 0 atom stereocenters. The Morgan fingerprint density at radius 3 is 2.92 bits per heavy atom. The van der Waals surface area contributed by atoms with E-state index in [9.17, 15) is 0 Å². The first kappa shape index (κ1) is 7.80. The minimum atomic E-state index is -0.0464. The van der Waals surface area contributed by atoms with Gasteiger partial charge in [0.05, 0.1) is 6.20 Å². The van der Waals surface area contributed by atoms with Crippen LogP contribution in [0.4, 0.5) is 0 Å². The SMILES string of the molecule is CC1CC(c2ncc(CO)o2)C1. The molecule has 12 heavy (non-hydrogen) atoms. The van der Waals surface area contributed by atoms with Crippen LogP contribution in [-0.2, 0) is 6.61 Å². The molecule has 1 saturated carbocycles. The van der Waals surface area contributed by atoms with Crippen molar-refractivity contribution < 1.29 is 9.52 Å². The molecule has 0 saturated heterocycles. The molecule has 1 aromatic heterocycles. The van der Waals surface area contributed by atoms with Crippen molar-refractivity contribution in [2.24, 2.45) is 5.92 Å². The van der Waals surface area contributed by atoms with E-state index >= 15 is 0 Å². The smallest absolute Gasteiger partial charge is 0.197 e. The Labute approximate surface area is 71.4 Å².